The second kappa shape index (κ2) is 8.60. The van der Waals surface area contributed by atoms with Crippen LogP contribution in [0.1, 0.15) is 40.0 Å². The van der Waals surface area contributed by atoms with Crippen LogP contribution < -0.4 is 0 Å². The van der Waals surface area contributed by atoms with Crippen molar-refractivity contribution in [2.45, 2.75) is 46.1 Å². The molecule has 0 spiro atoms. The summed E-state index contributed by atoms with van der Waals surface area (Å²) in [5, 5.41) is 0. The number of hydrogen-bond acceptors (Lipinski definition) is 2. The molecule has 97 valence electrons. The van der Waals surface area contributed by atoms with E-state index < -0.39 is 0 Å². The molecule has 1 amide bonds. The normalized spacial score (nSPS) is 17.9. The second-order valence-electron chi connectivity index (χ2n) is 5.04. The smallest absolute Gasteiger partial charge is 0.193 e. The summed E-state index contributed by atoms with van der Waals surface area (Å²) >= 11 is 0. The summed E-state index contributed by atoms with van der Waals surface area (Å²) in [7, 11) is 1.84. The van der Waals surface area contributed by atoms with E-state index in [1.165, 1.54) is 12.8 Å². The van der Waals surface area contributed by atoms with Gasteiger partial charge in [0.1, 0.15) is 0 Å². The zero-order valence-electron chi connectivity index (χ0n) is 11.6. The fraction of sp³-hybridized carbons (Fsp3) is 0.846. The minimum absolute atomic E-state index is 0. The molecule has 0 aromatic carbocycles. The predicted octanol–water partition coefficient (Wildman–Crippen LogP) is 2.13. The molecule has 17 heavy (non-hydrogen) atoms. The monoisotopic (exact) mass is 314 g/mol. The van der Waals surface area contributed by atoms with Gasteiger partial charge in [-0.05, 0) is 52.7 Å². The molecule has 1 fully saturated rings. The van der Waals surface area contributed by atoms with E-state index in [0.29, 0.717) is 18.4 Å². The van der Waals surface area contributed by atoms with Crippen molar-refractivity contribution in [3.63, 3.8) is 0 Å². The Kier molecular flexibility index (Phi) is 8.87. The van der Waals surface area contributed by atoms with Crippen LogP contribution in [0.3, 0.4) is 0 Å². The maximum absolute atomic E-state index is 11.7. The Morgan fingerprint density at radius 1 is 1.41 bits per heavy atom. The average Bonchev–Trinajstić information content (AvgIpc) is 2.28. The molecule has 0 aromatic rings. The van der Waals surface area contributed by atoms with Gasteiger partial charge in [-0.15, -0.1) is 0 Å². The molecule has 0 aromatic heterocycles. The first kappa shape index (κ1) is 17.5. The molecular formula is C13H25N2OY-. The number of piperidine rings is 1. The first-order valence-electron chi connectivity index (χ1n) is 6.33. The molecule has 1 aliphatic heterocycles. The van der Waals surface area contributed by atoms with E-state index in [0.717, 1.165) is 13.1 Å². The Labute approximate surface area is 131 Å². The summed E-state index contributed by atoms with van der Waals surface area (Å²) in [6.07, 6.45) is 3.05. The van der Waals surface area contributed by atoms with Gasteiger partial charge < -0.3 is 9.80 Å². The standard InChI is InChI=1S/C13H25N2O.Y/c1-5-14(4)13(16)10-12-6-8-15(9-7-12)11(2)3;/h5,11-12H,6-10H2,1-4H3;/q-1;. The summed E-state index contributed by atoms with van der Waals surface area (Å²) in [6, 6.07) is 0.642. The SMILES string of the molecule is C[CH-]N(C)C(=O)CC1CCN(C(C)C)CC1.[Y]. The van der Waals surface area contributed by atoms with E-state index in [2.05, 4.69) is 18.7 Å². The van der Waals surface area contributed by atoms with Gasteiger partial charge in [0.05, 0.1) is 0 Å². The number of carbonyl (C=O) groups is 1. The minimum atomic E-state index is 0. The van der Waals surface area contributed by atoms with Crippen LogP contribution in [-0.2, 0) is 37.5 Å². The largest absolute Gasteiger partial charge is 0.496 e. The Balaban J connectivity index is 0.00000256. The molecular weight excluding hydrogens is 289 g/mol. The number of amides is 1. The molecule has 1 saturated heterocycles. The summed E-state index contributed by atoms with van der Waals surface area (Å²) < 4.78 is 0. The van der Waals surface area contributed by atoms with Crippen LogP contribution in [0.25, 0.3) is 0 Å². The fourth-order valence-corrected chi connectivity index (χ4v) is 2.21. The van der Waals surface area contributed by atoms with Crippen molar-refractivity contribution in [1.82, 2.24) is 9.80 Å². The molecule has 3 nitrogen and oxygen atoms in total. The van der Waals surface area contributed by atoms with Crippen LogP contribution in [0, 0.1) is 12.5 Å². The third kappa shape index (κ3) is 5.80. The Hall–Kier alpha value is 0.534. The zero-order valence-corrected chi connectivity index (χ0v) is 14.5. The van der Waals surface area contributed by atoms with Gasteiger partial charge in [0.2, 0.25) is 0 Å². The third-order valence-corrected chi connectivity index (χ3v) is 3.62. The molecule has 1 radical (unpaired) electrons. The molecule has 1 heterocycles. The first-order chi connectivity index (χ1) is 7.54. The van der Waals surface area contributed by atoms with Crippen LogP contribution in [0.15, 0.2) is 0 Å². The van der Waals surface area contributed by atoms with Gasteiger partial charge in [0.25, 0.3) is 0 Å². The van der Waals surface area contributed by atoms with E-state index in [-0.39, 0.29) is 38.6 Å². The van der Waals surface area contributed by atoms with Crippen LogP contribution in [0.2, 0.25) is 0 Å². The van der Waals surface area contributed by atoms with E-state index in [4.69, 9.17) is 0 Å². The van der Waals surface area contributed by atoms with Crippen molar-refractivity contribution in [2.75, 3.05) is 20.1 Å². The molecule has 0 atom stereocenters. The first-order valence-corrected chi connectivity index (χ1v) is 6.33. The third-order valence-electron chi connectivity index (χ3n) is 3.62. The van der Waals surface area contributed by atoms with Crippen molar-refractivity contribution in [1.29, 1.82) is 0 Å². The van der Waals surface area contributed by atoms with Crippen molar-refractivity contribution in [3.05, 3.63) is 6.54 Å². The van der Waals surface area contributed by atoms with Crippen LogP contribution >= 0.6 is 0 Å². The zero-order chi connectivity index (χ0) is 12.1. The minimum Gasteiger partial charge on any atom is -0.496 e. The molecule has 0 N–H and O–H groups in total. The summed E-state index contributed by atoms with van der Waals surface area (Å²) in [6.45, 7) is 10.5. The Morgan fingerprint density at radius 3 is 2.35 bits per heavy atom. The summed E-state index contributed by atoms with van der Waals surface area (Å²) in [4.78, 5) is 15.9. The Bertz CT molecular complexity index is 225. The molecule has 4 heteroatoms. The van der Waals surface area contributed by atoms with Gasteiger partial charge in [-0.1, -0.05) is 0 Å². The van der Waals surface area contributed by atoms with Gasteiger partial charge in [0.15, 0.2) is 5.91 Å². The van der Waals surface area contributed by atoms with Crippen LogP contribution in [-0.4, -0.2) is 41.9 Å². The van der Waals surface area contributed by atoms with Crippen LogP contribution in [0.5, 0.6) is 0 Å². The number of nitrogens with zero attached hydrogens (tertiary/aromatic N) is 2. The fourth-order valence-electron chi connectivity index (χ4n) is 2.21. The van der Waals surface area contributed by atoms with Gasteiger partial charge in [-0.2, -0.15) is 6.92 Å². The van der Waals surface area contributed by atoms with E-state index in [9.17, 15) is 4.79 Å². The summed E-state index contributed by atoms with van der Waals surface area (Å²) in [5.74, 6) is 0.843. The maximum Gasteiger partial charge on any atom is 0.193 e. The average molecular weight is 314 g/mol. The van der Waals surface area contributed by atoms with E-state index in [1.54, 1.807) is 4.90 Å². The molecule has 0 aliphatic carbocycles. The topological polar surface area (TPSA) is 23.6 Å². The number of hydrogen-bond donors (Lipinski definition) is 0. The molecule has 0 unspecified atom stereocenters. The second-order valence-corrected chi connectivity index (χ2v) is 5.04. The number of rotatable bonds is 4. The van der Waals surface area contributed by atoms with Crippen molar-refractivity contribution in [2.24, 2.45) is 5.92 Å². The predicted molar refractivity (Wildman–Crippen MR) is 66.8 cm³/mol. The van der Waals surface area contributed by atoms with Gasteiger partial charge in [0, 0.05) is 45.2 Å². The maximum atomic E-state index is 11.7. The van der Waals surface area contributed by atoms with Gasteiger partial charge in [-0.3, -0.25) is 4.79 Å². The number of likely N-dealkylation sites (tertiary alicyclic amines) is 1. The number of carbonyl (C=O) groups excluding carboxylic acids is 1. The quantitative estimate of drug-likeness (QED) is 0.742. The van der Waals surface area contributed by atoms with E-state index >= 15 is 0 Å². The van der Waals surface area contributed by atoms with Crippen molar-refractivity contribution < 1.29 is 37.5 Å². The van der Waals surface area contributed by atoms with Crippen LogP contribution in [0.4, 0.5) is 0 Å². The molecule has 1 aliphatic rings. The molecule has 0 bridgehead atoms. The molecule has 1 rings (SSSR count). The summed E-state index contributed by atoms with van der Waals surface area (Å²) in [5.41, 5.74) is 0. The molecule has 0 saturated carbocycles. The van der Waals surface area contributed by atoms with Gasteiger partial charge in [-0.25, -0.2) is 6.54 Å². The van der Waals surface area contributed by atoms with Crippen molar-refractivity contribution in [3.8, 4) is 0 Å². The Morgan fingerprint density at radius 2 is 1.94 bits per heavy atom. The van der Waals surface area contributed by atoms with Crippen molar-refractivity contribution >= 4 is 5.91 Å². The van der Waals surface area contributed by atoms with Gasteiger partial charge >= 0.3 is 0 Å². The van der Waals surface area contributed by atoms with E-state index in [1.807, 2.05) is 20.5 Å².